The monoisotopic (exact) mass is 377 g/mol. The van der Waals surface area contributed by atoms with Gasteiger partial charge in [-0.25, -0.2) is 8.78 Å². The highest BCUT2D eigenvalue weighted by Gasteiger charge is 2.47. The van der Waals surface area contributed by atoms with Crippen molar-refractivity contribution in [1.82, 2.24) is 4.90 Å². The summed E-state index contributed by atoms with van der Waals surface area (Å²) in [7, 11) is 1.66. The summed E-state index contributed by atoms with van der Waals surface area (Å²) in [6.07, 6.45) is 4.92. The molecule has 2 saturated heterocycles. The minimum atomic E-state index is -2.60. The van der Waals surface area contributed by atoms with Crippen LogP contribution in [0.5, 0.6) is 5.75 Å². The van der Waals surface area contributed by atoms with Crippen molar-refractivity contribution in [1.29, 1.82) is 0 Å². The van der Waals surface area contributed by atoms with E-state index in [1.807, 2.05) is 17.2 Å². The van der Waals surface area contributed by atoms with Crippen LogP contribution in [0, 0.1) is 0 Å². The highest BCUT2D eigenvalue weighted by atomic mass is 19.3. The lowest BCUT2D eigenvalue weighted by atomic mass is 9.90. The molecule has 1 spiro atoms. The Morgan fingerprint density at radius 1 is 1.26 bits per heavy atom. The van der Waals surface area contributed by atoms with Crippen LogP contribution in [-0.4, -0.2) is 55.9 Å². The molecule has 1 saturated carbocycles. The van der Waals surface area contributed by atoms with Crippen molar-refractivity contribution in [3.05, 3.63) is 23.3 Å². The number of rotatable bonds is 5. The molecule has 0 unspecified atom stereocenters. The second kappa shape index (κ2) is 6.06. The molecule has 5 rings (SSSR count). The third kappa shape index (κ3) is 3.16. The molecule has 0 aromatic heterocycles. The fraction of sp³-hybridized carbons (Fsp3) is 0.650. The fourth-order valence-electron chi connectivity index (χ4n) is 4.58. The average molecular weight is 377 g/mol. The lowest BCUT2D eigenvalue weighted by Crippen LogP contribution is -2.60. The Balaban J connectivity index is 1.38. The molecule has 5 nitrogen and oxygen atoms in total. The van der Waals surface area contributed by atoms with E-state index in [2.05, 4.69) is 16.1 Å². The number of methoxy groups -OCH3 is 1. The van der Waals surface area contributed by atoms with E-state index in [9.17, 15) is 8.78 Å². The molecular formula is C20H25F2N3O2. The standard InChI is InChI=1S/C20H25F2N3O2/c1-26-18-9-17(25-7-5-20(21,22)13-25)16(14-2-3-14)8-15(18)10-24-11-19(12-24)4-6-23-27-19/h6,8-9,14H,2-5,7,10-13H2,1H3. The first-order chi connectivity index (χ1) is 13.0. The molecule has 1 aliphatic carbocycles. The minimum Gasteiger partial charge on any atom is -0.496 e. The molecule has 0 atom stereocenters. The third-order valence-electron chi connectivity index (χ3n) is 6.16. The van der Waals surface area contributed by atoms with Gasteiger partial charge in [0.1, 0.15) is 5.75 Å². The van der Waals surface area contributed by atoms with Gasteiger partial charge in [0.05, 0.1) is 13.7 Å². The highest BCUT2D eigenvalue weighted by Crippen LogP contribution is 2.48. The Labute approximate surface area is 157 Å². The molecule has 7 heteroatoms. The zero-order valence-electron chi connectivity index (χ0n) is 15.6. The van der Waals surface area contributed by atoms with Gasteiger partial charge < -0.3 is 14.5 Å². The topological polar surface area (TPSA) is 37.3 Å². The molecule has 0 amide bonds. The highest BCUT2D eigenvalue weighted by molar-refractivity contribution is 5.63. The predicted molar refractivity (Wildman–Crippen MR) is 98.9 cm³/mol. The van der Waals surface area contributed by atoms with E-state index < -0.39 is 5.92 Å². The summed E-state index contributed by atoms with van der Waals surface area (Å²) in [6.45, 7) is 2.71. The van der Waals surface area contributed by atoms with Crippen LogP contribution in [-0.2, 0) is 11.4 Å². The van der Waals surface area contributed by atoms with Crippen LogP contribution in [0.3, 0.4) is 0 Å². The molecule has 146 valence electrons. The van der Waals surface area contributed by atoms with Gasteiger partial charge in [-0.05, 0) is 30.4 Å². The zero-order chi connectivity index (χ0) is 18.6. The number of hydrogen-bond acceptors (Lipinski definition) is 5. The summed E-state index contributed by atoms with van der Waals surface area (Å²) in [5.41, 5.74) is 3.14. The van der Waals surface area contributed by atoms with E-state index >= 15 is 0 Å². The van der Waals surface area contributed by atoms with Crippen molar-refractivity contribution < 1.29 is 18.4 Å². The van der Waals surface area contributed by atoms with Crippen molar-refractivity contribution in [2.75, 3.05) is 38.2 Å². The molecule has 1 aromatic rings. The van der Waals surface area contributed by atoms with Gasteiger partial charge in [0.2, 0.25) is 0 Å². The third-order valence-corrected chi connectivity index (χ3v) is 6.16. The van der Waals surface area contributed by atoms with Crippen LogP contribution < -0.4 is 9.64 Å². The molecule has 1 aromatic carbocycles. The van der Waals surface area contributed by atoms with Gasteiger partial charge in [-0.1, -0.05) is 5.16 Å². The van der Waals surface area contributed by atoms with Crippen molar-refractivity contribution in [2.45, 2.75) is 49.7 Å². The Bertz CT molecular complexity index is 763. The maximum Gasteiger partial charge on any atom is 0.266 e. The first-order valence-corrected chi connectivity index (χ1v) is 9.73. The zero-order valence-corrected chi connectivity index (χ0v) is 15.6. The molecule has 4 aliphatic rings. The van der Waals surface area contributed by atoms with Crippen molar-refractivity contribution in [3.63, 3.8) is 0 Å². The molecule has 0 bridgehead atoms. The number of ether oxygens (including phenoxy) is 1. The average Bonchev–Trinajstić information content (AvgIpc) is 3.23. The van der Waals surface area contributed by atoms with E-state index in [-0.39, 0.29) is 18.6 Å². The predicted octanol–water partition coefficient (Wildman–Crippen LogP) is 3.38. The summed E-state index contributed by atoms with van der Waals surface area (Å²) in [5, 5.41) is 3.90. The summed E-state index contributed by atoms with van der Waals surface area (Å²) in [6, 6.07) is 4.18. The van der Waals surface area contributed by atoms with Crippen molar-refractivity contribution in [2.24, 2.45) is 5.16 Å². The smallest absolute Gasteiger partial charge is 0.266 e. The molecule has 0 radical (unpaired) electrons. The van der Waals surface area contributed by atoms with Gasteiger partial charge in [-0.2, -0.15) is 0 Å². The largest absolute Gasteiger partial charge is 0.496 e. The number of halogens is 2. The van der Waals surface area contributed by atoms with Gasteiger partial charge in [0, 0.05) is 62.6 Å². The Morgan fingerprint density at radius 3 is 2.67 bits per heavy atom. The van der Waals surface area contributed by atoms with Crippen LogP contribution in [0.15, 0.2) is 17.3 Å². The number of hydrogen-bond donors (Lipinski definition) is 0. The molecule has 0 N–H and O–H groups in total. The molecule has 3 fully saturated rings. The second-order valence-corrected chi connectivity index (χ2v) is 8.44. The lowest BCUT2D eigenvalue weighted by Gasteiger charge is -2.45. The first-order valence-electron chi connectivity index (χ1n) is 9.73. The normalized spacial score (nSPS) is 25.7. The number of anilines is 1. The van der Waals surface area contributed by atoms with Crippen LogP contribution in [0.25, 0.3) is 0 Å². The Morgan fingerprint density at radius 2 is 2.07 bits per heavy atom. The van der Waals surface area contributed by atoms with Gasteiger partial charge >= 0.3 is 0 Å². The van der Waals surface area contributed by atoms with Crippen LogP contribution in [0.1, 0.15) is 42.7 Å². The Kier molecular flexibility index (Phi) is 3.86. The minimum absolute atomic E-state index is 0.0703. The molecule has 3 heterocycles. The van der Waals surface area contributed by atoms with Gasteiger partial charge in [-0.3, -0.25) is 4.90 Å². The maximum absolute atomic E-state index is 13.8. The van der Waals surface area contributed by atoms with Crippen LogP contribution in [0.4, 0.5) is 14.5 Å². The lowest BCUT2D eigenvalue weighted by molar-refractivity contribution is -0.128. The van der Waals surface area contributed by atoms with Gasteiger partial charge in [0.15, 0.2) is 5.60 Å². The van der Waals surface area contributed by atoms with E-state index in [1.165, 1.54) is 5.56 Å². The SMILES string of the molecule is COc1cc(N2CCC(F)(F)C2)c(C2CC2)cc1CN1CC2(CC=NO2)C1. The van der Waals surface area contributed by atoms with Crippen molar-refractivity contribution >= 4 is 11.9 Å². The van der Waals surface area contributed by atoms with Gasteiger partial charge in [0.25, 0.3) is 5.92 Å². The summed E-state index contributed by atoms with van der Waals surface area (Å²) in [4.78, 5) is 9.66. The summed E-state index contributed by atoms with van der Waals surface area (Å²) in [5.74, 6) is -1.32. The summed E-state index contributed by atoms with van der Waals surface area (Å²) < 4.78 is 33.2. The quantitative estimate of drug-likeness (QED) is 0.788. The fourth-order valence-corrected chi connectivity index (χ4v) is 4.58. The van der Waals surface area contributed by atoms with Crippen molar-refractivity contribution in [3.8, 4) is 5.75 Å². The van der Waals surface area contributed by atoms with Crippen LogP contribution >= 0.6 is 0 Å². The van der Waals surface area contributed by atoms with E-state index in [1.54, 1.807) is 7.11 Å². The number of likely N-dealkylation sites (tertiary alicyclic amines) is 1. The van der Waals surface area contributed by atoms with E-state index in [0.29, 0.717) is 12.5 Å². The number of benzene rings is 1. The van der Waals surface area contributed by atoms with Gasteiger partial charge in [-0.15, -0.1) is 0 Å². The molecule has 3 aliphatic heterocycles. The van der Waals surface area contributed by atoms with E-state index in [0.717, 1.165) is 55.9 Å². The molecular weight excluding hydrogens is 352 g/mol. The van der Waals surface area contributed by atoms with E-state index in [4.69, 9.17) is 9.57 Å². The molecule has 27 heavy (non-hydrogen) atoms. The first kappa shape index (κ1) is 17.2. The second-order valence-electron chi connectivity index (χ2n) is 8.44. The number of oxime groups is 1. The maximum atomic E-state index is 13.8. The number of nitrogens with zero attached hydrogens (tertiary/aromatic N) is 3. The number of alkyl halides is 2. The summed E-state index contributed by atoms with van der Waals surface area (Å²) >= 11 is 0. The Hall–Kier alpha value is -1.89. The van der Waals surface area contributed by atoms with Crippen LogP contribution in [0.2, 0.25) is 0 Å².